The molecule has 0 heteroatoms. The van der Waals surface area contributed by atoms with Crippen molar-refractivity contribution in [3.05, 3.63) is 25.3 Å². The Morgan fingerprint density at radius 2 is 1.62 bits per heavy atom. The van der Waals surface area contributed by atoms with E-state index in [1.165, 1.54) is 0 Å². The SMILES string of the molecule is C=C.CC=CC(C)C. The Morgan fingerprint density at radius 3 is 1.62 bits per heavy atom. The van der Waals surface area contributed by atoms with Crippen molar-refractivity contribution in [1.82, 2.24) is 0 Å². The molecule has 0 amide bonds. The summed E-state index contributed by atoms with van der Waals surface area (Å²) in [6.45, 7) is 12.4. The van der Waals surface area contributed by atoms with Crippen LogP contribution in [0.3, 0.4) is 0 Å². The zero-order valence-electron chi connectivity index (χ0n) is 6.15. The van der Waals surface area contributed by atoms with Gasteiger partial charge in [-0.25, -0.2) is 0 Å². The van der Waals surface area contributed by atoms with E-state index in [1.807, 2.05) is 6.92 Å². The van der Waals surface area contributed by atoms with Crippen molar-refractivity contribution in [2.75, 3.05) is 0 Å². The highest BCUT2D eigenvalue weighted by molar-refractivity contribution is 4.79. The fraction of sp³-hybridized carbons (Fsp3) is 0.500. The summed E-state index contributed by atoms with van der Waals surface area (Å²) >= 11 is 0. The van der Waals surface area contributed by atoms with Crippen molar-refractivity contribution in [1.29, 1.82) is 0 Å². The van der Waals surface area contributed by atoms with Gasteiger partial charge in [-0.3, -0.25) is 0 Å². The summed E-state index contributed by atoms with van der Waals surface area (Å²) in [4.78, 5) is 0. The molecule has 0 aliphatic rings. The van der Waals surface area contributed by atoms with E-state index in [-0.39, 0.29) is 0 Å². The van der Waals surface area contributed by atoms with Crippen LogP contribution in [0.1, 0.15) is 20.8 Å². The van der Waals surface area contributed by atoms with E-state index in [9.17, 15) is 0 Å². The molecule has 0 atom stereocenters. The number of allylic oxidation sites excluding steroid dienone is 2. The Balaban J connectivity index is 0. The van der Waals surface area contributed by atoms with Crippen molar-refractivity contribution in [3.63, 3.8) is 0 Å². The molecule has 0 saturated carbocycles. The summed E-state index contributed by atoms with van der Waals surface area (Å²) in [7, 11) is 0. The Hall–Kier alpha value is -0.520. The van der Waals surface area contributed by atoms with Gasteiger partial charge in [-0.15, -0.1) is 13.2 Å². The lowest BCUT2D eigenvalue weighted by Gasteiger charge is -1.86. The third kappa shape index (κ3) is 17.9. The van der Waals surface area contributed by atoms with Crippen molar-refractivity contribution in [3.8, 4) is 0 Å². The topological polar surface area (TPSA) is 0 Å². The molecule has 0 aromatic heterocycles. The van der Waals surface area contributed by atoms with Gasteiger partial charge in [0.25, 0.3) is 0 Å². The van der Waals surface area contributed by atoms with E-state index in [1.54, 1.807) is 0 Å². The van der Waals surface area contributed by atoms with Gasteiger partial charge >= 0.3 is 0 Å². The maximum Gasteiger partial charge on any atom is -0.0291 e. The predicted molar refractivity (Wildman–Crippen MR) is 40.9 cm³/mol. The molecule has 0 radical (unpaired) electrons. The second kappa shape index (κ2) is 9.70. The largest absolute Gasteiger partial charge is 0.106 e. The first-order valence-corrected chi connectivity index (χ1v) is 2.90. The van der Waals surface area contributed by atoms with Gasteiger partial charge < -0.3 is 0 Å². The summed E-state index contributed by atoms with van der Waals surface area (Å²) in [6, 6.07) is 0. The van der Waals surface area contributed by atoms with Crippen LogP contribution >= 0.6 is 0 Å². The molecule has 0 N–H and O–H groups in total. The molecule has 0 aliphatic carbocycles. The van der Waals surface area contributed by atoms with Gasteiger partial charge in [-0.05, 0) is 12.8 Å². The molecule has 0 bridgehead atoms. The molecule has 0 aromatic carbocycles. The van der Waals surface area contributed by atoms with Crippen molar-refractivity contribution in [2.45, 2.75) is 20.8 Å². The van der Waals surface area contributed by atoms with Crippen molar-refractivity contribution < 1.29 is 0 Å². The van der Waals surface area contributed by atoms with Crippen LogP contribution < -0.4 is 0 Å². The van der Waals surface area contributed by atoms with Crippen LogP contribution in [-0.2, 0) is 0 Å². The lowest BCUT2D eigenvalue weighted by Crippen LogP contribution is -1.73. The molecule has 0 heterocycles. The predicted octanol–water partition coefficient (Wildman–Crippen LogP) is 3.02. The van der Waals surface area contributed by atoms with Gasteiger partial charge in [0.1, 0.15) is 0 Å². The smallest absolute Gasteiger partial charge is 0.0291 e. The zero-order chi connectivity index (χ0) is 6.99. The fourth-order valence-corrected chi connectivity index (χ4v) is 0.385. The molecular weight excluding hydrogens is 96.1 g/mol. The average molecular weight is 112 g/mol. The highest BCUT2D eigenvalue weighted by Gasteiger charge is 1.76. The van der Waals surface area contributed by atoms with Crippen LogP contribution in [0.15, 0.2) is 25.3 Å². The summed E-state index contributed by atoms with van der Waals surface area (Å²) in [5.74, 6) is 0.718. The van der Waals surface area contributed by atoms with Gasteiger partial charge in [0.15, 0.2) is 0 Å². The molecule has 0 unspecified atom stereocenters. The molecular formula is C8H16. The van der Waals surface area contributed by atoms with Gasteiger partial charge in [-0.2, -0.15) is 0 Å². The van der Waals surface area contributed by atoms with E-state index in [2.05, 4.69) is 39.2 Å². The van der Waals surface area contributed by atoms with Crippen LogP contribution in [-0.4, -0.2) is 0 Å². The van der Waals surface area contributed by atoms with Crippen LogP contribution in [0.4, 0.5) is 0 Å². The van der Waals surface area contributed by atoms with Crippen molar-refractivity contribution >= 4 is 0 Å². The Morgan fingerprint density at radius 1 is 1.25 bits per heavy atom. The zero-order valence-corrected chi connectivity index (χ0v) is 6.15. The Kier molecular flexibility index (Phi) is 12.7. The third-order valence-electron chi connectivity index (χ3n) is 0.577. The lowest BCUT2D eigenvalue weighted by molar-refractivity contribution is 0.830. The van der Waals surface area contributed by atoms with Crippen LogP contribution in [0, 0.1) is 5.92 Å². The van der Waals surface area contributed by atoms with E-state index >= 15 is 0 Å². The van der Waals surface area contributed by atoms with Gasteiger partial charge in [0, 0.05) is 0 Å². The Labute approximate surface area is 52.9 Å². The quantitative estimate of drug-likeness (QED) is 0.457. The third-order valence-corrected chi connectivity index (χ3v) is 0.577. The summed E-state index contributed by atoms with van der Waals surface area (Å²) in [5, 5.41) is 0. The minimum Gasteiger partial charge on any atom is -0.106 e. The first-order chi connectivity index (χ1) is 3.77. The normalized spacial score (nSPS) is 9.00. The molecule has 8 heavy (non-hydrogen) atoms. The molecule has 0 aliphatic heterocycles. The Bertz CT molecular complexity index is 51.1. The van der Waals surface area contributed by atoms with Crippen LogP contribution in [0.2, 0.25) is 0 Å². The number of hydrogen-bond donors (Lipinski definition) is 0. The lowest BCUT2D eigenvalue weighted by atomic mass is 10.2. The molecule has 0 rings (SSSR count). The standard InChI is InChI=1S/C6H12.C2H4/c1-4-5-6(2)3;1-2/h4-6H,1-3H3;1-2H2. The van der Waals surface area contributed by atoms with Crippen LogP contribution in [0.5, 0.6) is 0 Å². The van der Waals surface area contributed by atoms with Gasteiger partial charge in [0.2, 0.25) is 0 Å². The van der Waals surface area contributed by atoms with E-state index in [0.717, 1.165) is 5.92 Å². The van der Waals surface area contributed by atoms with Gasteiger partial charge in [-0.1, -0.05) is 26.0 Å². The highest BCUT2D eigenvalue weighted by atomic mass is 13.8. The summed E-state index contributed by atoms with van der Waals surface area (Å²) < 4.78 is 0. The molecule has 0 saturated heterocycles. The van der Waals surface area contributed by atoms with E-state index < -0.39 is 0 Å². The highest BCUT2D eigenvalue weighted by Crippen LogP contribution is 1.90. The summed E-state index contributed by atoms with van der Waals surface area (Å²) in [5.41, 5.74) is 0. The second-order valence-electron chi connectivity index (χ2n) is 1.77. The first kappa shape index (κ1) is 10.5. The monoisotopic (exact) mass is 112 g/mol. The minimum atomic E-state index is 0.718. The summed E-state index contributed by atoms with van der Waals surface area (Å²) in [6.07, 6.45) is 4.24. The number of hydrogen-bond acceptors (Lipinski definition) is 0. The molecule has 0 fully saturated rings. The van der Waals surface area contributed by atoms with Crippen LogP contribution in [0.25, 0.3) is 0 Å². The average Bonchev–Trinajstić information content (AvgIpc) is 1.72. The molecule has 0 spiro atoms. The molecule has 0 aromatic rings. The minimum absolute atomic E-state index is 0.718. The maximum atomic E-state index is 3.00. The van der Waals surface area contributed by atoms with E-state index in [4.69, 9.17) is 0 Å². The van der Waals surface area contributed by atoms with Crippen molar-refractivity contribution in [2.24, 2.45) is 5.92 Å². The fourth-order valence-electron chi connectivity index (χ4n) is 0.385. The molecule has 48 valence electrons. The first-order valence-electron chi connectivity index (χ1n) is 2.90. The maximum absolute atomic E-state index is 3.00. The number of rotatable bonds is 1. The van der Waals surface area contributed by atoms with E-state index in [0.29, 0.717) is 0 Å². The second-order valence-corrected chi connectivity index (χ2v) is 1.77. The van der Waals surface area contributed by atoms with Gasteiger partial charge in [0.05, 0.1) is 0 Å². The molecule has 0 nitrogen and oxygen atoms in total.